The molecule has 1 fully saturated rings. The summed E-state index contributed by atoms with van der Waals surface area (Å²) in [6.07, 6.45) is -1.38. The highest BCUT2D eigenvalue weighted by Gasteiger charge is 2.33. The van der Waals surface area contributed by atoms with Crippen molar-refractivity contribution >= 4 is 11.8 Å². The Kier molecular flexibility index (Phi) is 2.35. The fourth-order valence-electron chi connectivity index (χ4n) is 0.828. The zero-order valence-electron chi connectivity index (χ0n) is 4.90. The van der Waals surface area contributed by atoms with Crippen LogP contribution in [-0.4, -0.2) is 45.1 Å². The summed E-state index contributed by atoms with van der Waals surface area (Å²) in [6.45, 7) is -0.0527. The van der Waals surface area contributed by atoms with Crippen LogP contribution in [0.25, 0.3) is 0 Å². The summed E-state index contributed by atoms with van der Waals surface area (Å²) in [4.78, 5) is 0. The highest BCUT2D eigenvalue weighted by Crippen LogP contribution is 2.26. The van der Waals surface area contributed by atoms with Crippen LogP contribution in [0.15, 0.2) is 0 Å². The Hall–Kier alpha value is 0.230. The Bertz CT molecular complexity index is 98.2. The normalized spacial score (nSPS) is 43.7. The van der Waals surface area contributed by atoms with E-state index in [2.05, 4.69) is 0 Å². The van der Waals surface area contributed by atoms with Crippen LogP contribution >= 0.6 is 11.8 Å². The molecule has 3 N–H and O–H groups in total. The van der Waals surface area contributed by atoms with Gasteiger partial charge in [0, 0.05) is 5.75 Å². The van der Waals surface area contributed by atoms with Gasteiger partial charge in [-0.05, 0) is 0 Å². The van der Waals surface area contributed by atoms with E-state index in [9.17, 15) is 0 Å². The molecule has 0 saturated carbocycles. The lowest BCUT2D eigenvalue weighted by molar-refractivity contribution is 0.0326. The minimum absolute atomic E-state index is 0.0527. The van der Waals surface area contributed by atoms with Gasteiger partial charge in [-0.2, -0.15) is 11.8 Å². The molecule has 0 aromatic heterocycles. The minimum Gasteiger partial charge on any atom is -0.395 e. The molecule has 9 heavy (non-hydrogen) atoms. The zero-order valence-corrected chi connectivity index (χ0v) is 5.71. The third-order valence-electron chi connectivity index (χ3n) is 1.44. The smallest absolute Gasteiger partial charge is 0.0947 e. The van der Waals surface area contributed by atoms with Crippen molar-refractivity contribution in [2.75, 3.05) is 12.4 Å². The van der Waals surface area contributed by atoms with Crippen LogP contribution < -0.4 is 0 Å². The van der Waals surface area contributed by atoms with Gasteiger partial charge in [0.15, 0.2) is 0 Å². The van der Waals surface area contributed by atoms with Gasteiger partial charge in [-0.15, -0.1) is 0 Å². The molecular weight excluding hydrogens is 140 g/mol. The average Bonchev–Trinajstić information content (AvgIpc) is 2.15. The van der Waals surface area contributed by atoms with Gasteiger partial charge in [0.05, 0.1) is 24.1 Å². The Morgan fingerprint density at radius 1 is 1.44 bits per heavy atom. The van der Waals surface area contributed by atoms with Crippen molar-refractivity contribution in [2.24, 2.45) is 0 Å². The topological polar surface area (TPSA) is 60.7 Å². The third-order valence-corrected chi connectivity index (χ3v) is 2.83. The number of hydrogen-bond acceptors (Lipinski definition) is 4. The van der Waals surface area contributed by atoms with E-state index in [1.807, 2.05) is 0 Å². The fourth-order valence-corrected chi connectivity index (χ4v) is 1.95. The van der Waals surface area contributed by atoms with Gasteiger partial charge in [0.2, 0.25) is 0 Å². The van der Waals surface area contributed by atoms with Gasteiger partial charge in [-0.25, -0.2) is 0 Å². The van der Waals surface area contributed by atoms with E-state index in [0.717, 1.165) is 0 Å². The molecule has 1 rings (SSSR count). The van der Waals surface area contributed by atoms with Gasteiger partial charge >= 0.3 is 0 Å². The molecule has 0 aliphatic carbocycles. The molecule has 1 heterocycles. The predicted molar refractivity (Wildman–Crippen MR) is 35.3 cm³/mol. The maximum Gasteiger partial charge on any atom is 0.0947 e. The van der Waals surface area contributed by atoms with Crippen molar-refractivity contribution < 1.29 is 15.3 Å². The van der Waals surface area contributed by atoms with Crippen molar-refractivity contribution in [1.29, 1.82) is 0 Å². The van der Waals surface area contributed by atoms with Gasteiger partial charge in [0.1, 0.15) is 0 Å². The predicted octanol–water partition coefficient (Wildman–Crippen LogP) is -1.18. The lowest BCUT2D eigenvalue weighted by atomic mass is 10.2. The largest absolute Gasteiger partial charge is 0.395 e. The molecular formula is C5H10O3S. The van der Waals surface area contributed by atoms with E-state index in [4.69, 9.17) is 15.3 Å². The first-order chi connectivity index (χ1) is 4.25. The molecule has 0 aromatic rings. The average molecular weight is 150 g/mol. The van der Waals surface area contributed by atoms with Crippen LogP contribution in [0.3, 0.4) is 0 Å². The first-order valence-corrected chi connectivity index (χ1v) is 3.89. The van der Waals surface area contributed by atoms with Crippen LogP contribution in [0.4, 0.5) is 0 Å². The summed E-state index contributed by atoms with van der Waals surface area (Å²) in [6, 6.07) is 0. The van der Waals surface area contributed by atoms with E-state index in [1.54, 1.807) is 0 Å². The summed E-state index contributed by atoms with van der Waals surface area (Å²) in [5.74, 6) is 0.534. The van der Waals surface area contributed by atoms with Gasteiger partial charge < -0.3 is 15.3 Å². The molecule has 0 bridgehead atoms. The number of thioether (sulfide) groups is 1. The number of aliphatic hydroxyl groups is 3. The monoisotopic (exact) mass is 150 g/mol. The zero-order chi connectivity index (χ0) is 6.85. The Morgan fingerprint density at radius 3 is 2.33 bits per heavy atom. The second kappa shape index (κ2) is 2.88. The lowest BCUT2D eigenvalue weighted by Crippen LogP contribution is -2.30. The summed E-state index contributed by atoms with van der Waals surface area (Å²) < 4.78 is 0. The van der Waals surface area contributed by atoms with E-state index >= 15 is 0 Å². The minimum atomic E-state index is -0.736. The van der Waals surface area contributed by atoms with Crippen molar-refractivity contribution in [3.8, 4) is 0 Å². The lowest BCUT2D eigenvalue weighted by Gasteiger charge is -2.11. The van der Waals surface area contributed by atoms with Crippen molar-refractivity contribution in [3.05, 3.63) is 0 Å². The van der Waals surface area contributed by atoms with E-state index in [-0.39, 0.29) is 11.9 Å². The summed E-state index contributed by atoms with van der Waals surface area (Å²) in [5, 5.41) is 26.3. The van der Waals surface area contributed by atoms with Crippen LogP contribution in [-0.2, 0) is 0 Å². The number of aliphatic hydroxyl groups excluding tert-OH is 3. The number of rotatable bonds is 1. The van der Waals surface area contributed by atoms with Gasteiger partial charge in [-0.3, -0.25) is 0 Å². The quantitative estimate of drug-likeness (QED) is 0.440. The first kappa shape index (κ1) is 7.34. The molecule has 0 spiro atoms. The standard InChI is InChI=1S/C5H10O3S/c6-1-4-5(8)3(7)2-9-4/h3-8H,1-2H2/t3?,4-,5?/m1/s1. The molecule has 3 atom stereocenters. The SMILES string of the molecule is OC[C@H]1SCC(O)C1O. The Morgan fingerprint density at radius 2 is 2.11 bits per heavy atom. The van der Waals surface area contributed by atoms with E-state index in [0.29, 0.717) is 5.75 Å². The second-order valence-electron chi connectivity index (χ2n) is 2.11. The summed E-state index contributed by atoms with van der Waals surface area (Å²) in [5.41, 5.74) is 0. The molecule has 4 heteroatoms. The van der Waals surface area contributed by atoms with Crippen molar-refractivity contribution in [3.63, 3.8) is 0 Å². The van der Waals surface area contributed by atoms with Crippen molar-refractivity contribution in [2.45, 2.75) is 17.5 Å². The first-order valence-electron chi connectivity index (χ1n) is 2.84. The third kappa shape index (κ3) is 1.38. The molecule has 1 aliphatic heterocycles. The fraction of sp³-hybridized carbons (Fsp3) is 1.00. The summed E-state index contributed by atoms with van der Waals surface area (Å²) in [7, 11) is 0. The molecule has 1 aliphatic rings. The molecule has 0 amide bonds. The van der Waals surface area contributed by atoms with Crippen molar-refractivity contribution in [1.82, 2.24) is 0 Å². The van der Waals surface area contributed by atoms with Crippen LogP contribution in [0.1, 0.15) is 0 Å². The van der Waals surface area contributed by atoms with Crippen LogP contribution in [0.2, 0.25) is 0 Å². The molecule has 0 radical (unpaired) electrons. The van der Waals surface area contributed by atoms with Crippen LogP contribution in [0.5, 0.6) is 0 Å². The number of hydrogen-bond donors (Lipinski definition) is 3. The molecule has 3 nitrogen and oxygen atoms in total. The molecule has 54 valence electrons. The molecule has 1 saturated heterocycles. The summed E-state index contributed by atoms with van der Waals surface area (Å²) >= 11 is 1.41. The maximum atomic E-state index is 9.03. The van der Waals surface area contributed by atoms with E-state index < -0.39 is 12.2 Å². The highest BCUT2D eigenvalue weighted by molar-refractivity contribution is 8.00. The van der Waals surface area contributed by atoms with Crippen LogP contribution in [0, 0.1) is 0 Å². The Balaban J connectivity index is 2.41. The van der Waals surface area contributed by atoms with Gasteiger partial charge in [0.25, 0.3) is 0 Å². The second-order valence-corrected chi connectivity index (χ2v) is 3.38. The van der Waals surface area contributed by atoms with Gasteiger partial charge in [-0.1, -0.05) is 0 Å². The Labute approximate surface area is 57.7 Å². The highest BCUT2D eigenvalue weighted by atomic mass is 32.2. The maximum absolute atomic E-state index is 9.03. The van der Waals surface area contributed by atoms with E-state index in [1.165, 1.54) is 11.8 Å². The molecule has 2 unspecified atom stereocenters. The molecule has 0 aromatic carbocycles.